The van der Waals surface area contributed by atoms with E-state index in [1.54, 1.807) is 28.4 Å². The normalized spacial score (nSPS) is 19.0. The molecule has 4 atom stereocenters. The predicted octanol–water partition coefficient (Wildman–Crippen LogP) is 2.36. The smallest absolute Gasteiger partial charge is 0.112 e. The zero-order chi connectivity index (χ0) is 14.3. The first-order chi connectivity index (χ1) is 8.44. The van der Waals surface area contributed by atoms with Crippen molar-refractivity contribution in [2.24, 2.45) is 11.8 Å². The molecule has 0 bridgehead atoms. The lowest BCUT2D eigenvalue weighted by Gasteiger charge is -2.38. The van der Waals surface area contributed by atoms with Gasteiger partial charge < -0.3 is 18.9 Å². The molecular formula is C14H30O4. The van der Waals surface area contributed by atoms with Gasteiger partial charge in [0.15, 0.2) is 0 Å². The highest BCUT2D eigenvalue weighted by Gasteiger charge is 2.38. The molecule has 0 aromatic carbocycles. The van der Waals surface area contributed by atoms with Crippen LogP contribution in [-0.4, -0.2) is 52.9 Å². The van der Waals surface area contributed by atoms with E-state index in [-0.39, 0.29) is 24.4 Å². The molecule has 18 heavy (non-hydrogen) atoms. The molecule has 0 saturated heterocycles. The maximum absolute atomic E-state index is 5.62. The lowest BCUT2D eigenvalue weighted by Crippen LogP contribution is -2.51. The molecular weight excluding hydrogens is 232 g/mol. The second-order valence-electron chi connectivity index (χ2n) is 5.29. The van der Waals surface area contributed by atoms with Crippen molar-refractivity contribution in [1.29, 1.82) is 0 Å². The summed E-state index contributed by atoms with van der Waals surface area (Å²) in [7, 11) is 6.80. The fraction of sp³-hybridized carbons (Fsp3) is 1.00. The highest BCUT2D eigenvalue weighted by molar-refractivity contribution is 4.87. The van der Waals surface area contributed by atoms with Crippen LogP contribution in [0.25, 0.3) is 0 Å². The largest absolute Gasteiger partial charge is 0.378 e. The maximum atomic E-state index is 5.62. The summed E-state index contributed by atoms with van der Waals surface area (Å²) in [4.78, 5) is 0. The quantitative estimate of drug-likeness (QED) is 0.639. The summed E-state index contributed by atoms with van der Waals surface area (Å²) in [6.45, 7) is 8.46. The Labute approximate surface area is 112 Å². The maximum Gasteiger partial charge on any atom is 0.112 e. The van der Waals surface area contributed by atoms with Crippen LogP contribution in [-0.2, 0) is 18.9 Å². The highest BCUT2D eigenvalue weighted by Crippen LogP contribution is 2.24. The first-order valence-corrected chi connectivity index (χ1v) is 6.55. The summed E-state index contributed by atoms with van der Waals surface area (Å²) in [5.41, 5.74) is 0. The third-order valence-corrected chi connectivity index (χ3v) is 3.37. The average Bonchev–Trinajstić information content (AvgIpc) is 2.32. The first kappa shape index (κ1) is 17.8. The van der Waals surface area contributed by atoms with Gasteiger partial charge >= 0.3 is 0 Å². The molecule has 0 rings (SSSR count). The standard InChI is InChI=1S/C14H30O4/c1-9(2)11(15-5)13(17-7)14(18-8)12(16-6)10(3)4/h9-14H,1-8H3/t11-,12+,13-,14+. The van der Waals surface area contributed by atoms with E-state index >= 15 is 0 Å². The molecule has 0 aromatic rings. The van der Waals surface area contributed by atoms with E-state index in [2.05, 4.69) is 27.7 Å². The number of hydrogen-bond acceptors (Lipinski definition) is 4. The van der Waals surface area contributed by atoms with Gasteiger partial charge in [0.25, 0.3) is 0 Å². The minimum atomic E-state index is -0.146. The van der Waals surface area contributed by atoms with Gasteiger partial charge in [-0.15, -0.1) is 0 Å². The summed E-state index contributed by atoms with van der Waals surface area (Å²) in [5.74, 6) is 0.699. The first-order valence-electron chi connectivity index (χ1n) is 6.55. The molecule has 0 spiro atoms. The predicted molar refractivity (Wildman–Crippen MR) is 72.9 cm³/mol. The van der Waals surface area contributed by atoms with Gasteiger partial charge in [-0.2, -0.15) is 0 Å². The van der Waals surface area contributed by atoms with E-state index in [1.807, 2.05) is 0 Å². The molecule has 0 fully saturated rings. The minimum Gasteiger partial charge on any atom is -0.378 e. The zero-order valence-corrected chi connectivity index (χ0v) is 13.1. The van der Waals surface area contributed by atoms with Crippen LogP contribution >= 0.6 is 0 Å². The van der Waals surface area contributed by atoms with Crippen LogP contribution < -0.4 is 0 Å². The van der Waals surface area contributed by atoms with Crippen molar-refractivity contribution in [3.05, 3.63) is 0 Å². The van der Waals surface area contributed by atoms with Crippen molar-refractivity contribution in [1.82, 2.24) is 0 Å². The number of ether oxygens (including phenoxy) is 4. The molecule has 0 aliphatic rings. The van der Waals surface area contributed by atoms with Crippen molar-refractivity contribution in [2.45, 2.75) is 52.1 Å². The molecule has 0 aliphatic carbocycles. The van der Waals surface area contributed by atoms with Gasteiger partial charge in [0.2, 0.25) is 0 Å². The van der Waals surface area contributed by atoms with Gasteiger partial charge in [0, 0.05) is 28.4 Å². The lowest BCUT2D eigenvalue weighted by atomic mass is 9.90. The summed E-state index contributed by atoms with van der Waals surface area (Å²) in [6, 6.07) is 0. The average molecular weight is 262 g/mol. The van der Waals surface area contributed by atoms with Crippen molar-refractivity contribution in [3.63, 3.8) is 0 Å². The van der Waals surface area contributed by atoms with Gasteiger partial charge in [0.05, 0.1) is 12.2 Å². The van der Waals surface area contributed by atoms with Gasteiger partial charge in [-0.3, -0.25) is 0 Å². The summed E-state index contributed by atoms with van der Waals surface area (Å²) >= 11 is 0. The van der Waals surface area contributed by atoms with Gasteiger partial charge in [-0.1, -0.05) is 27.7 Å². The number of rotatable bonds is 9. The fourth-order valence-corrected chi connectivity index (χ4v) is 2.48. The van der Waals surface area contributed by atoms with Crippen LogP contribution in [0.15, 0.2) is 0 Å². The van der Waals surface area contributed by atoms with Crippen molar-refractivity contribution in [2.75, 3.05) is 28.4 Å². The molecule has 0 radical (unpaired) electrons. The number of methoxy groups -OCH3 is 4. The minimum absolute atomic E-state index is 0.0173. The van der Waals surface area contributed by atoms with Gasteiger partial charge in [-0.05, 0) is 11.8 Å². The summed E-state index contributed by atoms with van der Waals surface area (Å²) in [6.07, 6.45) is -0.326. The lowest BCUT2D eigenvalue weighted by molar-refractivity contribution is -0.165. The van der Waals surface area contributed by atoms with Crippen molar-refractivity contribution in [3.8, 4) is 0 Å². The molecule has 0 unspecified atom stereocenters. The van der Waals surface area contributed by atoms with Gasteiger partial charge in [-0.25, -0.2) is 0 Å². The van der Waals surface area contributed by atoms with Crippen LogP contribution in [0.5, 0.6) is 0 Å². The van der Waals surface area contributed by atoms with E-state index in [1.165, 1.54) is 0 Å². The molecule has 0 aromatic heterocycles. The van der Waals surface area contributed by atoms with Crippen LogP contribution in [0, 0.1) is 11.8 Å². The Morgan fingerprint density at radius 1 is 0.444 bits per heavy atom. The second-order valence-corrected chi connectivity index (χ2v) is 5.29. The van der Waals surface area contributed by atoms with E-state index in [9.17, 15) is 0 Å². The number of hydrogen-bond donors (Lipinski definition) is 0. The monoisotopic (exact) mass is 262 g/mol. The van der Waals surface area contributed by atoms with E-state index in [0.29, 0.717) is 11.8 Å². The van der Waals surface area contributed by atoms with Crippen LogP contribution in [0.2, 0.25) is 0 Å². The van der Waals surface area contributed by atoms with Crippen molar-refractivity contribution < 1.29 is 18.9 Å². The topological polar surface area (TPSA) is 36.9 Å². The summed E-state index contributed by atoms with van der Waals surface area (Å²) in [5, 5.41) is 0. The Morgan fingerprint density at radius 2 is 0.667 bits per heavy atom. The second kappa shape index (κ2) is 8.86. The van der Waals surface area contributed by atoms with E-state index in [4.69, 9.17) is 18.9 Å². The Kier molecular flexibility index (Phi) is 8.78. The molecule has 0 aliphatic heterocycles. The Morgan fingerprint density at radius 3 is 0.778 bits per heavy atom. The Hall–Kier alpha value is -0.160. The SMILES string of the molecule is CO[C@H]([C@H](OC)[C@H](OC)C(C)C)[C@@H](OC)C(C)C. The third kappa shape index (κ3) is 4.50. The van der Waals surface area contributed by atoms with E-state index < -0.39 is 0 Å². The zero-order valence-electron chi connectivity index (χ0n) is 13.1. The molecule has 4 heteroatoms. The fourth-order valence-electron chi connectivity index (χ4n) is 2.48. The Balaban J connectivity index is 5.06. The van der Waals surface area contributed by atoms with Crippen LogP contribution in [0.3, 0.4) is 0 Å². The van der Waals surface area contributed by atoms with Crippen LogP contribution in [0.1, 0.15) is 27.7 Å². The molecule has 0 amide bonds. The molecule has 0 N–H and O–H groups in total. The van der Waals surface area contributed by atoms with Gasteiger partial charge in [0.1, 0.15) is 12.2 Å². The molecule has 110 valence electrons. The molecule has 4 nitrogen and oxygen atoms in total. The van der Waals surface area contributed by atoms with E-state index in [0.717, 1.165) is 0 Å². The third-order valence-electron chi connectivity index (χ3n) is 3.37. The van der Waals surface area contributed by atoms with Crippen molar-refractivity contribution >= 4 is 0 Å². The molecule has 0 saturated carbocycles. The highest BCUT2D eigenvalue weighted by atomic mass is 16.6. The summed E-state index contributed by atoms with van der Waals surface area (Å²) < 4.78 is 22.4. The van der Waals surface area contributed by atoms with Crippen LogP contribution in [0.4, 0.5) is 0 Å². The Bertz CT molecular complexity index is 184. The molecule has 0 heterocycles.